The van der Waals surface area contributed by atoms with Crippen LogP contribution in [0.25, 0.3) is 0 Å². The Kier molecular flexibility index (Phi) is 6.82. The Morgan fingerprint density at radius 2 is 1.88 bits per heavy atom. The van der Waals surface area contributed by atoms with Gasteiger partial charge < -0.3 is 15.3 Å². The molecule has 24 heavy (non-hydrogen) atoms. The minimum absolute atomic E-state index is 0. The van der Waals surface area contributed by atoms with Crippen molar-refractivity contribution in [1.82, 2.24) is 15.1 Å². The number of aliphatic hydroxyl groups is 1. The summed E-state index contributed by atoms with van der Waals surface area (Å²) in [7, 11) is 0. The summed E-state index contributed by atoms with van der Waals surface area (Å²) >= 11 is 0. The van der Waals surface area contributed by atoms with Gasteiger partial charge in [0.25, 0.3) is 0 Å². The molecule has 140 valence electrons. The van der Waals surface area contributed by atoms with Crippen molar-refractivity contribution in [3.8, 4) is 0 Å². The second-order valence-corrected chi connectivity index (χ2v) is 7.96. The number of hydrogen-bond acceptors (Lipinski definition) is 4. The number of halogens is 2. The molecule has 3 saturated heterocycles. The van der Waals surface area contributed by atoms with Crippen LogP contribution in [0.1, 0.15) is 32.1 Å². The third-order valence-electron chi connectivity index (χ3n) is 6.77. The number of likely N-dealkylation sites (tertiary alicyclic amines) is 2. The summed E-state index contributed by atoms with van der Waals surface area (Å²) in [6.07, 6.45) is 5.68. The summed E-state index contributed by atoms with van der Waals surface area (Å²) in [6.45, 7) is 6.34. The Labute approximate surface area is 157 Å². The van der Waals surface area contributed by atoms with Crippen molar-refractivity contribution < 1.29 is 9.90 Å². The Bertz CT molecular complexity index is 442. The number of amides is 1. The second-order valence-electron chi connectivity index (χ2n) is 7.96. The lowest BCUT2D eigenvalue weighted by Crippen LogP contribution is -2.49. The van der Waals surface area contributed by atoms with Gasteiger partial charge in [0.2, 0.25) is 5.91 Å². The van der Waals surface area contributed by atoms with Gasteiger partial charge in [0, 0.05) is 50.1 Å². The standard InChI is InChI=1S/C17H29N3O2.2ClH/c21-12-17-10-18-8-14(17)9-20(11-17)15-4-6-19(7-5-15)16(22)13-2-1-3-13;;/h13-15,18,21H,1-12H2;2*1H. The molecule has 5 nitrogen and oxygen atoms in total. The molecule has 7 heteroatoms. The smallest absolute Gasteiger partial charge is 0.225 e. The highest BCUT2D eigenvalue weighted by molar-refractivity contribution is 5.85. The third kappa shape index (κ3) is 3.43. The molecule has 1 saturated carbocycles. The maximum atomic E-state index is 12.3. The minimum Gasteiger partial charge on any atom is -0.396 e. The summed E-state index contributed by atoms with van der Waals surface area (Å²) in [6, 6.07) is 0.611. The number of rotatable bonds is 3. The highest BCUT2D eigenvalue weighted by Crippen LogP contribution is 2.40. The molecule has 0 aromatic rings. The van der Waals surface area contributed by atoms with Gasteiger partial charge in [-0.1, -0.05) is 6.42 Å². The SMILES string of the molecule is Cl.Cl.O=C(C1CCC1)N1CCC(N2CC3CNCC3(CO)C2)CC1. The van der Waals surface area contributed by atoms with E-state index < -0.39 is 0 Å². The van der Waals surface area contributed by atoms with Crippen LogP contribution in [0.4, 0.5) is 0 Å². The van der Waals surface area contributed by atoms with E-state index in [-0.39, 0.29) is 30.2 Å². The van der Waals surface area contributed by atoms with Gasteiger partial charge in [-0.15, -0.1) is 24.8 Å². The van der Waals surface area contributed by atoms with Crippen molar-refractivity contribution in [3.05, 3.63) is 0 Å². The van der Waals surface area contributed by atoms with Crippen LogP contribution in [-0.4, -0.2) is 72.7 Å². The van der Waals surface area contributed by atoms with E-state index in [9.17, 15) is 9.90 Å². The molecule has 0 aromatic heterocycles. The van der Waals surface area contributed by atoms with Crippen molar-refractivity contribution in [3.63, 3.8) is 0 Å². The maximum absolute atomic E-state index is 12.3. The molecule has 4 aliphatic rings. The lowest BCUT2D eigenvalue weighted by Gasteiger charge is -2.40. The second kappa shape index (κ2) is 8.09. The summed E-state index contributed by atoms with van der Waals surface area (Å²) in [5.74, 6) is 1.36. The fourth-order valence-corrected chi connectivity index (χ4v) is 4.93. The predicted octanol–water partition coefficient (Wildman–Crippen LogP) is 1.13. The average molecular weight is 380 g/mol. The van der Waals surface area contributed by atoms with Crippen molar-refractivity contribution in [2.24, 2.45) is 17.3 Å². The zero-order valence-electron chi connectivity index (χ0n) is 14.3. The Morgan fingerprint density at radius 1 is 1.17 bits per heavy atom. The minimum atomic E-state index is 0. The summed E-state index contributed by atoms with van der Waals surface area (Å²) in [5, 5.41) is 13.3. The number of hydrogen-bond donors (Lipinski definition) is 2. The van der Waals surface area contributed by atoms with Gasteiger partial charge in [-0.3, -0.25) is 9.69 Å². The van der Waals surface area contributed by atoms with Gasteiger partial charge in [-0.05, 0) is 38.1 Å². The van der Waals surface area contributed by atoms with Crippen LogP contribution in [0, 0.1) is 17.3 Å². The average Bonchev–Trinajstić information content (AvgIpc) is 3.02. The molecule has 0 spiro atoms. The van der Waals surface area contributed by atoms with Crippen molar-refractivity contribution in [2.45, 2.75) is 38.1 Å². The van der Waals surface area contributed by atoms with Crippen LogP contribution in [0.15, 0.2) is 0 Å². The lowest BCUT2D eigenvalue weighted by molar-refractivity contribution is -0.139. The van der Waals surface area contributed by atoms with Gasteiger partial charge in [-0.25, -0.2) is 0 Å². The largest absolute Gasteiger partial charge is 0.396 e. The highest BCUT2D eigenvalue weighted by atomic mass is 35.5. The van der Waals surface area contributed by atoms with E-state index >= 15 is 0 Å². The Hall–Kier alpha value is -0.0700. The molecule has 0 radical (unpaired) electrons. The van der Waals surface area contributed by atoms with E-state index in [0.717, 1.165) is 65.0 Å². The molecule has 2 unspecified atom stereocenters. The number of piperidine rings is 1. The Morgan fingerprint density at radius 3 is 2.42 bits per heavy atom. The predicted molar refractivity (Wildman–Crippen MR) is 98.9 cm³/mol. The quantitative estimate of drug-likeness (QED) is 0.771. The number of fused-ring (bicyclic) bond motifs is 1. The summed E-state index contributed by atoms with van der Waals surface area (Å²) in [5.41, 5.74) is 0.0961. The van der Waals surface area contributed by atoms with Crippen molar-refractivity contribution in [2.75, 3.05) is 45.9 Å². The normalized spacial score (nSPS) is 34.2. The van der Waals surface area contributed by atoms with Crippen LogP contribution < -0.4 is 5.32 Å². The molecule has 2 N–H and O–H groups in total. The van der Waals surface area contributed by atoms with Gasteiger partial charge >= 0.3 is 0 Å². The number of carbonyl (C=O) groups is 1. The molecule has 3 heterocycles. The van der Waals surface area contributed by atoms with E-state index in [1.54, 1.807) is 0 Å². The summed E-state index contributed by atoms with van der Waals surface area (Å²) in [4.78, 5) is 17.1. The van der Waals surface area contributed by atoms with Gasteiger partial charge in [0.15, 0.2) is 0 Å². The topological polar surface area (TPSA) is 55.8 Å². The van der Waals surface area contributed by atoms with Crippen molar-refractivity contribution in [1.29, 1.82) is 0 Å². The molecule has 1 aliphatic carbocycles. The fraction of sp³-hybridized carbons (Fsp3) is 0.941. The Balaban J connectivity index is 0.00000104. The van der Waals surface area contributed by atoms with Crippen LogP contribution in [-0.2, 0) is 4.79 Å². The van der Waals surface area contributed by atoms with Gasteiger partial charge in [0.05, 0.1) is 6.61 Å². The van der Waals surface area contributed by atoms with E-state index in [0.29, 0.717) is 30.4 Å². The van der Waals surface area contributed by atoms with Crippen LogP contribution in [0.5, 0.6) is 0 Å². The number of nitrogens with one attached hydrogen (secondary N) is 1. The zero-order chi connectivity index (χ0) is 15.2. The van der Waals surface area contributed by atoms with Crippen molar-refractivity contribution >= 4 is 30.7 Å². The first-order valence-electron chi connectivity index (χ1n) is 9.06. The molecule has 4 fully saturated rings. The fourth-order valence-electron chi connectivity index (χ4n) is 4.93. The van der Waals surface area contributed by atoms with Gasteiger partial charge in [0.1, 0.15) is 0 Å². The van der Waals surface area contributed by atoms with Gasteiger partial charge in [-0.2, -0.15) is 0 Å². The highest BCUT2D eigenvalue weighted by Gasteiger charge is 2.50. The third-order valence-corrected chi connectivity index (χ3v) is 6.77. The van der Waals surface area contributed by atoms with Crippen LogP contribution in [0.3, 0.4) is 0 Å². The first kappa shape index (κ1) is 20.2. The van der Waals surface area contributed by atoms with E-state index in [4.69, 9.17) is 0 Å². The van der Waals surface area contributed by atoms with Crippen LogP contribution in [0.2, 0.25) is 0 Å². The molecule has 1 amide bonds. The number of nitrogens with zero attached hydrogens (tertiary/aromatic N) is 2. The monoisotopic (exact) mass is 379 g/mol. The molecule has 0 bridgehead atoms. The molecule has 4 rings (SSSR count). The molecular weight excluding hydrogens is 349 g/mol. The molecular formula is C17H31Cl2N3O2. The molecule has 0 aromatic carbocycles. The number of aliphatic hydroxyl groups excluding tert-OH is 1. The molecule has 2 atom stereocenters. The first-order chi connectivity index (χ1) is 10.7. The summed E-state index contributed by atoms with van der Waals surface area (Å²) < 4.78 is 0. The van der Waals surface area contributed by atoms with Crippen LogP contribution >= 0.6 is 24.8 Å². The van der Waals surface area contributed by atoms with E-state index in [1.165, 1.54) is 6.42 Å². The van der Waals surface area contributed by atoms with E-state index in [2.05, 4.69) is 15.1 Å². The zero-order valence-corrected chi connectivity index (χ0v) is 15.9. The first-order valence-corrected chi connectivity index (χ1v) is 9.06. The lowest BCUT2D eigenvalue weighted by atomic mass is 9.82. The number of carbonyl (C=O) groups excluding carboxylic acids is 1. The maximum Gasteiger partial charge on any atom is 0.225 e. The molecule has 3 aliphatic heterocycles. The van der Waals surface area contributed by atoms with E-state index in [1.807, 2.05) is 0 Å².